The molecule has 2 aromatic heterocycles. The standard InChI is InChI=1S/C24H26N4O4S/c29-21-9-4-13-28(24(31)18-16-33-20-8-2-1-6-17(18)20)14-5-11-27-23(30)22-19(7-3-10-26-22)32-15-12-25-21/h1-3,6-8,10,16H,4-5,9,11-15H2,(H,25,29)(H,27,30). The Kier molecular flexibility index (Phi) is 7.51. The van der Waals surface area contributed by atoms with Crippen molar-refractivity contribution in [3.63, 3.8) is 0 Å². The predicted octanol–water partition coefficient (Wildman–Crippen LogP) is 2.85. The summed E-state index contributed by atoms with van der Waals surface area (Å²) in [5, 5.41) is 8.51. The highest BCUT2D eigenvalue weighted by molar-refractivity contribution is 7.17. The number of rotatable bonds is 1. The molecule has 0 spiro atoms. The smallest absolute Gasteiger partial charge is 0.273 e. The van der Waals surface area contributed by atoms with E-state index in [0.717, 1.165) is 10.1 Å². The molecule has 33 heavy (non-hydrogen) atoms. The van der Waals surface area contributed by atoms with Crippen LogP contribution in [-0.4, -0.2) is 60.4 Å². The summed E-state index contributed by atoms with van der Waals surface area (Å²) in [5.74, 6) is -0.107. The highest BCUT2D eigenvalue weighted by Gasteiger charge is 2.20. The van der Waals surface area contributed by atoms with Crippen LogP contribution >= 0.6 is 11.3 Å². The van der Waals surface area contributed by atoms with Crippen molar-refractivity contribution in [2.45, 2.75) is 19.3 Å². The van der Waals surface area contributed by atoms with Crippen LogP contribution in [0.2, 0.25) is 0 Å². The van der Waals surface area contributed by atoms with Gasteiger partial charge in [-0.25, -0.2) is 4.98 Å². The molecule has 1 aromatic carbocycles. The molecule has 0 fully saturated rings. The number of ether oxygens (including phenoxy) is 1. The van der Waals surface area contributed by atoms with Crippen molar-refractivity contribution in [3.05, 3.63) is 59.2 Å². The van der Waals surface area contributed by atoms with Crippen molar-refractivity contribution in [3.8, 4) is 5.75 Å². The Hall–Kier alpha value is -3.46. The number of benzene rings is 1. The number of nitrogens with one attached hydrogen (secondary N) is 2. The lowest BCUT2D eigenvalue weighted by Crippen LogP contribution is -2.36. The van der Waals surface area contributed by atoms with Gasteiger partial charge >= 0.3 is 0 Å². The van der Waals surface area contributed by atoms with E-state index < -0.39 is 0 Å². The molecular formula is C24H26N4O4S. The van der Waals surface area contributed by atoms with E-state index >= 15 is 0 Å². The third kappa shape index (κ3) is 5.67. The minimum atomic E-state index is -0.330. The van der Waals surface area contributed by atoms with Gasteiger partial charge in [-0.3, -0.25) is 14.4 Å². The van der Waals surface area contributed by atoms with Gasteiger partial charge in [-0.2, -0.15) is 0 Å². The number of aromatic nitrogens is 1. The van der Waals surface area contributed by atoms with Crippen LogP contribution in [0.5, 0.6) is 5.75 Å². The number of amides is 3. The van der Waals surface area contributed by atoms with E-state index in [0.29, 0.717) is 56.8 Å². The van der Waals surface area contributed by atoms with Crippen LogP contribution < -0.4 is 15.4 Å². The molecule has 172 valence electrons. The topological polar surface area (TPSA) is 101 Å². The average Bonchev–Trinajstić information content (AvgIpc) is 3.26. The molecule has 3 heterocycles. The van der Waals surface area contributed by atoms with E-state index in [2.05, 4.69) is 15.6 Å². The molecule has 0 bridgehead atoms. The van der Waals surface area contributed by atoms with Gasteiger partial charge < -0.3 is 20.3 Å². The summed E-state index contributed by atoms with van der Waals surface area (Å²) >= 11 is 1.55. The number of thiophene rings is 1. The maximum Gasteiger partial charge on any atom is 0.273 e. The Morgan fingerprint density at radius 1 is 1.03 bits per heavy atom. The van der Waals surface area contributed by atoms with Gasteiger partial charge in [0, 0.05) is 47.7 Å². The second-order valence-corrected chi connectivity index (χ2v) is 8.61. The van der Waals surface area contributed by atoms with Crippen molar-refractivity contribution < 1.29 is 19.1 Å². The molecule has 4 rings (SSSR count). The van der Waals surface area contributed by atoms with E-state index in [1.54, 1.807) is 28.4 Å². The van der Waals surface area contributed by atoms with Gasteiger partial charge in [0.2, 0.25) is 5.91 Å². The zero-order valence-electron chi connectivity index (χ0n) is 18.2. The first-order valence-corrected chi connectivity index (χ1v) is 11.9. The fourth-order valence-electron chi connectivity index (χ4n) is 3.73. The summed E-state index contributed by atoms with van der Waals surface area (Å²) < 4.78 is 6.71. The zero-order chi connectivity index (χ0) is 23.0. The number of pyridine rings is 1. The van der Waals surface area contributed by atoms with Crippen LogP contribution in [0.4, 0.5) is 0 Å². The molecule has 0 aliphatic carbocycles. The lowest BCUT2D eigenvalue weighted by atomic mass is 10.1. The number of fused-ring (bicyclic) bond motifs is 2. The Morgan fingerprint density at radius 3 is 2.79 bits per heavy atom. The van der Waals surface area contributed by atoms with Crippen LogP contribution in [0.25, 0.3) is 10.1 Å². The number of hydrogen-bond donors (Lipinski definition) is 2. The SMILES string of the molecule is O=C1CCCN(C(=O)c2csc3ccccc23)CCCNC(=O)c2ncccc2OCCN1. The zero-order valence-corrected chi connectivity index (χ0v) is 19.0. The van der Waals surface area contributed by atoms with Gasteiger partial charge in [-0.05, 0) is 31.0 Å². The Balaban J connectivity index is 1.49. The molecule has 3 amide bonds. The van der Waals surface area contributed by atoms with Gasteiger partial charge in [0.05, 0.1) is 12.1 Å². The van der Waals surface area contributed by atoms with Crippen molar-refractivity contribution in [1.29, 1.82) is 0 Å². The highest BCUT2D eigenvalue weighted by atomic mass is 32.1. The number of carbonyl (C=O) groups excluding carboxylic acids is 3. The average molecular weight is 467 g/mol. The quantitative estimate of drug-likeness (QED) is 0.574. The molecule has 3 aromatic rings. The van der Waals surface area contributed by atoms with E-state index in [4.69, 9.17) is 4.74 Å². The monoisotopic (exact) mass is 466 g/mol. The summed E-state index contributed by atoms with van der Waals surface area (Å²) in [6, 6.07) is 11.2. The summed E-state index contributed by atoms with van der Waals surface area (Å²) in [6.45, 7) is 1.87. The van der Waals surface area contributed by atoms with Gasteiger partial charge in [0.1, 0.15) is 6.61 Å². The molecule has 0 unspecified atom stereocenters. The first-order valence-electron chi connectivity index (χ1n) is 11.0. The molecule has 9 heteroatoms. The molecule has 2 N–H and O–H groups in total. The van der Waals surface area contributed by atoms with E-state index in [1.807, 2.05) is 29.6 Å². The molecule has 1 aliphatic heterocycles. The van der Waals surface area contributed by atoms with Crippen LogP contribution in [0.15, 0.2) is 48.0 Å². The van der Waals surface area contributed by atoms with E-state index in [1.165, 1.54) is 6.20 Å². The van der Waals surface area contributed by atoms with Gasteiger partial charge in [0.15, 0.2) is 11.4 Å². The minimum Gasteiger partial charge on any atom is -0.489 e. The third-order valence-electron chi connectivity index (χ3n) is 5.39. The molecular weight excluding hydrogens is 440 g/mol. The minimum absolute atomic E-state index is 0.0549. The Labute approximate surface area is 195 Å². The second-order valence-electron chi connectivity index (χ2n) is 7.70. The van der Waals surface area contributed by atoms with Crippen LogP contribution in [0.3, 0.4) is 0 Å². The van der Waals surface area contributed by atoms with Crippen molar-refractivity contribution in [2.24, 2.45) is 0 Å². The van der Waals surface area contributed by atoms with E-state index in [9.17, 15) is 14.4 Å². The number of carbonyl (C=O) groups is 3. The summed E-state index contributed by atoms with van der Waals surface area (Å²) in [6.07, 6.45) is 2.99. The second kappa shape index (κ2) is 10.9. The third-order valence-corrected chi connectivity index (χ3v) is 6.35. The fraction of sp³-hybridized carbons (Fsp3) is 0.333. The lowest BCUT2D eigenvalue weighted by molar-refractivity contribution is -0.121. The predicted molar refractivity (Wildman–Crippen MR) is 127 cm³/mol. The molecule has 1 aliphatic rings. The largest absolute Gasteiger partial charge is 0.489 e. The fourth-order valence-corrected chi connectivity index (χ4v) is 4.67. The first-order chi connectivity index (χ1) is 16.1. The van der Waals surface area contributed by atoms with Crippen molar-refractivity contribution >= 4 is 39.1 Å². The van der Waals surface area contributed by atoms with Crippen molar-refractivity contribution in [1.82, 2.24) is 20.5 Å². The maximum absolute atomic E-state index is 13.3. The summed E-state index contributed by atoms with van der Waals surface area (Å²) in [4.78, 5) is 44.1. The Morgan fingerprint density at radius 2 is 1.88 bits per heavy atom. The lowest BCUT2D eigenvalue weighted by Gasteiger charge is -2.23. The highest BCUT2D eigenvalue weighted by Crippen LogP contribution is 2.27. The Bertz CT molecular complexity index is 1150. The van der Waals surface area contributed by atoms with Gasteiger partial charge in [-0.1, -0.05) is 18.2 Å². The first kappa shape index (κ1) is 22.7. The van der Waals surface area contributed by atoms with Gasteiger partial charge in [-0.15, -0.1) is 11.3 Å². The van der Waals surface area contributed by atoms with Crippen LogP contribution in [0.1, 0.15) is 40.1 Å². The van der Waals surface area contributed by atoms with Crippen molar-refractivity contribution in [2.75, 3.05) is 32.8 Å². The maximum atomic E-state index is 13.3. The van der Waals surface area contributed by atoms with Crippen LogP contribution in [0, 0.1) is 0 Å². The number of nitrogens with zero attached hydrogens (tertiary/aromatic N) is 2. The summed E-state index contributed by atoms with van der Waals surface area (Å²) in [7, 11) is 0. The molecule has 0 radical (unpaired) electrons. The molecule has 0 saturated heterocycles. The van der Waals surface area contributed by atoms with Crippen LogP contribution in [-0.2, 0) is 4.79 Å². The molecule has 0 saturated carbocycles. The number of hydrogen-bond acceptors (Lipinski definition) is 6. The molecule has 8 nitrogen and oxygen atoms in total. The normalized spacial score (nSPS) is 16.4. The van der Waals surface area contributed by atoms with Gasteiger partial charge in [0.25, 0.3) is 11.8 Å². The molecule has 0 atom stereocenters. The van der Waals surface area contributed by atoms with E-state index in [-0.39, 0.29) is 30.0 Å². The summed E-state index contributed by atoms with van der Waals surface area (Å²) in [5.41, 5.74) is 0.877.